The zero-order valence-corrected chi connectivity index (χ0v) is 13.5. The molecule has 1 saturated heterocycles. The van der Waals surface area contributed by atoms with Crippen LogP contribution in [-0.4, -0.2) is 52.8 Å². The molecule has 1 aliphatic rings. The van der Waals surface area contributed by atoms with Gasteiger partial charge in [-0.25, -0.2) is 4.98 Å². The van der Waals surface area contributed by atoms with Crippen molar-refractivity contribution in [2.75, 3.05) is 32.1 Å². The number of piperazine rings is 1. The molecular weight excluding hydrogens is 294 g/mol. The van der Waals surface area contributed by atoms with Crippen LogP contribution in [0.4, 0.5) is 0 Å². The molecule has 1 aromatic rings. The highest BCUT2D eigenvalue weighted by Gasteiger charge is 2.21. The molecule has 0 aliphatic carbocycles. The fourth-order valence-electron chi connectivity index (χ4n) is 2.39. The van der Waals surface area contributed by atoms with E-state index in [0.29, 0.717) is 12.3 Å². The van der Waals surface area contributed by atoms with Crippen LogP contribution >= 0.6 is 22.9 Å². The van der Waals surface area contributed by atoms with Gasteiger partial charge in [0.05, 0.1) is 10.7 Å². The number of amides is 1. The molecule has 1 amide bonds. The average molecular weight is 316 g/mol. The summed E-state index contributed by atoms with van der Waals surface area (Å²) in [6.45, 7) is 6.49. The summed E-state index contributed by atoms with van der Waals surface area (Å²) in [5.41, 5.74) is 1.15. The number of carbonyl (C=O) groups excluding carboxylic acids is 1. The van der Waals surface area contributed by atoms with Gasteiger partial charge in [-0.2, -0.15) is 0 Å². The molecular formula is C14H22ClN3OS. The van der Waals surface area contributed by atoms with Crippen LogP contribution in [0.25, 0.3) is 0 Å². The normalized spacial score (nSPS) is 16.6. The first-order valence-corrected chi connectivity index (χ1v) is 8.57. The van der Waals surface area contributed by atoms with E-state index < -0.39 is 0 Å². The van der Waals surface area contributed by atoms with Crippen molar-refractivity contribution in [3.63, 3.8) is 0 Å². The second kappa shape index (κ2) is 7.96. The van der Waals surface area contributed by atoms with Crippen molar-refractivity contribution in [1.82, 2.24) is 14.8 Å². The summed E-state index contributed by atoms with van der Waals surface area (Å²) in [5, 5.41) is 3.24. The molecule has 0 radical (unpaired) electrons. The number of unbranched alkanes of at least 4 members (excludes halogenated alkanes) is 1. The van der Waals surface area contributed by atoms with Crippen molar-refractivity contribution < 1.29 is 4.79 Å². The molecule has 6 heteroatoms. The maximum absolute atomic E-state index is 12.0. The molecule has 2 rings (SSSR count). The van der Waals surface area contributed by atoms with Crippen LogP contribution in [0.15, 0.2) is 5.38 Å². The average Bonchev–Trinajstić information content (AvgIpc) is 2.85. The van der Waals surface area contributed by atoms with Crippen LogP contribution < -0.4 is 0 Å². The standard InChI is InChI=1S/C14H22ClN3OS/c1-12-16-13(11-20-12)10-17-6-8-18(9-7-17)14(19)4-2-3-5-15/h11H,2-10H2,1H3. The van der Waals surface area contributed by atoms with Crippen molar-refractivity contribution in [3.05, 3.63) is 16.1 Å². The lowest BCUT2D eigenvalue weighted by Gasteiger charge is -2.34. The van der Waals surface area contributed by atoms with Gasteiger partial charge in [-0.3, -0.25) is 9.69 Å². The van der Waals surface area contributed by atoms with Crippen molar-refractivity contribution in [1.29, 1.82) is 0 Å². The molecule has 0 N–H and O–H groups in total. The highest BCUT2D eigenvalue weighted by Crippen LogP contribution is 2.13. The maximum Gasteiger partial charge on any atom is 0.222 e. The molecule has 20 heavy (non-hydrogen) atoms. The number of alkyl halides is 1. The molecule has 1 fully saturated rings. The molecule has 0 atom stereocenters. The van der Waals surface area contributed by atoms with Gasteiger partial charge >= 0.3 is 0 Å². The van der Waals surface area contributed by atoms with Gasteiger partial charge < -0.3 is 4.90 Å². The van der Waals surface area contributed by atoms with Crippen LogP contribution in [0.3, 0.4) is 0 Å². The maximum atomic E-state index is 12.0. The largest absolute Gasteiger partial charge is 0.340 e. The van der Waals surface area contributed by atoms with Crippen molar-refractivity contribution in [3.8, 4) is 0 Å². The molecule has 0 spiro atoms. The molecule has 112 valence electrons. The van der Waals surface area contributed by atoms with Crippen LogP contribution in [-0.2, 0) is 11.3 Å². The van der Waals surface area contributed by atoms with Crippen LogP contribution in [0.1, 0.15) is 30.0 Å². The van der Waals surface area contributed by atoms with Crippen molar-refractivity contribution >= 4 is 28.8 Å². The van der Waals surface area contributed by atoms with Crippen molar-refractivity contribution in [2.24, 2.45) is 0 Å². The Bertz CT molecular complexity index is 430. The summed E-state index contributed by atoms with van der Waals surface area (Å²) >= 11 is 7.33. The zero-order valence-electron chi connectivity index (χ0n) is 12.0. The van der Waals surface area contributed by atoms with Crippen molar-refractivity contribution in [2.45, 2.75) is 32.7 Å². The van der Waals surface area contributed by atoms with Gasteiger partial charge in [0.2, 0.25) is 5.91 Å². The molecule has 1 aromatic heterocycles. The highest BCUT2D eigenvalue weighted by atomic mass is 35.5. The molecule has 0 saturated carbocycles. The number of nitrogens with zero attached hydrogens (tertiary/aromatic N) is 3. The van der Waals surface area contributed by atoms with E-state index in [1.807, 2.05) is 11.8 Å². The fourth-order valence-corrected chi connectivity index (χ4v) is 3.19. The van der Waals surface area contributed by atoms with E-state index in [1.165, 1.54) is 0 Å². The van der Waals surface area contributed by atoms with E-state index in [2.05, 4.69) is 15.3 Å². The third-order valence-electron chi connectivity index (χ3n) is 3.55. The van der Waals surface area contributed by atoms with Gasteiger partial charge in [0.15, 0.2) is 0 Å². The lowest BCUT2D eigenvalue weighted by atomic mass is 10.2. The third-order valence-corrected chi connectivity index (χ3v) is 4.64. The van der Waals surface area contributed by atoms with Gasteiger partial charge in [-0.05, 0) is 19.8 Å². The second-order valence-electron chi connectivity index (χ2n) is 5.16. The second-order valence-corrected chi connectivity index (χ2v) is 6.60. The van der Waals surface area contributed by atoms with Gasteiger partial charge in [-0.15, -0.1) is 22.9 Å². The number of thiazole rings is 1. The Morgan fingerprint density at radius 3 is 2.70 bits per heavy atom. The molecule has 2 heterocycles. The highest BCUT2D eigenvalue weighted by molar-refractivity contribution is 7.09. The number of aryl methyl sites for hydroxylation is 1. The first-order chi connectivity index (χ1) is 9.69. The van der Waals surface area contributed by atoms with E-state index in [4.69, 9.17) is 11.6 Å². The van der Waals surface area contributed by atoms with Gasteiger partial charge in [-0.1, -0.05) is 0 Å². The summed E-state index contributed by atoms with van der Waals surface area (Å²) in [6, 6.07) is 0. The smallest absolute Gasteiger partial charge is 0.222 e. The minimum atomic E-state index is 0.277. The Hall–Kier alpha value is -0.650. The van der Waals surface area contributed by atoms with Crippen LogP contribution in [0, 0.1) is 6.92 Å². The quantitative estimate of drug-likeness (QED) is 0.598. The minimum Gasteiger partial charge on any atom is -0.340 e. The molecule has 0 aromatic carbocycles. The molecule has 1 aliphatic heterocycles. The van der Waals surface area contributed by atoms with E-state index in [1.54, 1.807) is 11.3 Å². The van der Waals surface area contributed by atoms with E-state index in [9.17, 15) is 4.79 Å². The topological polar surface area (TPSA) is 36.4 Å². The summed E-state index contributed by atoms with van der Waals surface area (Å²) < 4.78 is 0. The molecule has 4 nitrogen and oxygen atoms in total. The molecule has 0 unspecified atom stereocenters. The van der Waals surface area contributed by atoms with Crippen LogP contribution in [0.5, 0.6) is 0 Å². The first-order valence-electron chi connectivity index (χ1n) is 7.16. The Balaban J connectivity index is 1.70. The van der Waals surface area contributed by atoms with Gasteiger partial charge in [0, 0.05) is 50.4 Å². The fraction of sp³-hybridized carbons (Fsp3) is 0.714. The first kappa shape index (κ1) is 15.7. The molecule has 0 bridgehead atoms. The third kappa shape index (κ3) is 4.72. The number of carbonyl (C=O) groups is 1. The Kier molecular flexibility index (Phi) is 6.26. The predicted molar refractivity (Wildman–Crippen MR) is 83.3 cm³/mol. The van der Waals surface area contributed by atoms with E-state index >= 15 is 0 Å². The Morgan fingerprint density at radius 1 is 1.35 bits per heavy atom. The van der Waals surface area contributed by atoms with Crippen LogP contribution in [0.2, 0.25) is 0 Å². The zero-order chi connectivity index (χ0) is 14.4. The summed E-state index contributed by atoms with van der Waals surface area (Å²) in [7, 11) is 0. The van der Waals surface area contributed by atoms with E-state index in [0.717, 1.165) is 56.3 Å². The summed E-state index contributed by atoms with van der Waals surface area (Å²) in [6.07, 6.45) is 2.47. The van der Waals surface area contributed by atoms with E-state index in [-0.39, 0.29) is 5.91 Å². The number of halogens is 1. The monoisotopic (exact) mass is 315 g/mol. The summed E-state index contributed by atoms with van der Waals surface area (Å²) in [4.78, 5) is 20.8. The number of aromatic nitrogens is 1. The summed E-state index contributed by atoms with van der Waals surface area (Å²) in [5.74, 6) is 0.924. The Labute approximate surface area is 129 Å². The lowest BCUT2D eigenvalue weighted by Crippen LogP contribution is -2.48. The SMILES string of the molecule is Cc1nc(CN2CCN(C(=O)CCCCCl)CC2)cs1. The predicted octanol–water partition coefficient (Wildman–Crippen LogP) is 2.50. The number of hydrogen-bond donors (Lipinski definition) is 0. The minimum absolute atomic E-state index is 0.277. The Morgan fingerprint density at radius 2 is 2.10 bits per heavy atom. The number of rotatable bonds is 6. The number of hydrogen-bond acceptors (Lipinski definition) is 4. The lowest BCUT2D eigenvalue weighted by molar-refractivity contribution is -0.133. The van der Waals surface area contributed by atoms with Gasteiger partial charge in [0.25, 0.3) is 0 Å². The van der Waals surface area contributed by atoms with Gasteiger partial charge in [0.1, 0.15) is 0 Å².